The number of aromatic nitrogens is 1. The van der Waals surface area contributed by atoms with Crippen molar-refractivity contribution in [1.82, 2.24) is 10.3 Å². The fourth-order valence-electron chi connectivity index (χ4n) is 2.76. The van der Waals surface area contributed by atoms with Crippen molar-refractivity contribution < 1.29 is 4.74 Å². The number of ether oxygens (including phenoxy) is 1. The second kappa shape index (κ2) is 6.38. The molecule has 0 bridgehead atoms. The summed E-state index contributed by atoms with van der Waals surface area (Å²) in [5, 5.41) is 3.44. The maximum absolute atomic E-state index is 6.29. The molecule has 1 aromatic heterocycles. The first-order valence-corrected chi connectivity index (χ1v) is 7.38. The SMILES string of the molecule is Cc1ccc(OC(CC(C)C)[C@H]2CCNC2)c(C)n1. The topological polar surface area (TPSA) is 34.1 Å². The smallest absolute Gasteiger partial charge is 0.140 e. The molecule has 0 spiro atoms. The summed E-state index contributed by atoms with van der Waals surface area (Å²) in [5.41, 5.74) is 2.05. The summed E-state index contributed by atoms with van der Waals surface area (Å²) in [6.07, 6.45) is 2.63. The van der Waals surface area contributed by atoms with Crippen molar-refractivity contribution >= 4 is 0 Å². The Kier molecular flexibility index (Phi) is 4.81. The van der Waals surface area contributed by atoms with E-state index in [0.717, 1.165) is 36.6 Å². The van der Waals surface area contributed by atoms with Gasteiger partial charge < -0.3 is 10.1 Å². The van der Waals surface area contributed by atoms with Crippen LogP contribution >= 0.6 is 0 Å². The van der Waals surface area contributed by atoms with Crippen molar-refractivity contribution in [3.63, 3.8) is 0 Å². The van der Waals surface area contributed by atoms with Gasteiger partial charge >= 0.3 is 0 Å². The Bertz CT molecular complexity index is 411. The van der Waals surface area contributed by atoms with E-state index in [9.17, 15) is 0 Å². The Morgan fingerprint density at radius 1 is 1.37 bits per heavy atom. The van der Waals surface area contributed by atoms with Gasteiger partial charge in [0.1, 0.15) is 11.9 Å². The first-order chi connectivity index (χ1) is 9.06. The van der Waals surface area contributed by atoms with Crippen LogP contribution in [0.15, 0.2) is 12.1 Å². The van der Waals surface area contributed by atoms with Crippen LogP contribution in [0.2, 0.25) is 0 Å². The van der Waals surface area contributed by atoms with E-state index in [1.165, 1.54) is 6.42 Å². The van der Waals surface area contributed by atoms with E-state index in [2.05, 4.69) is 30.2 Å². The van der Waals surface area contributed by atoms with Gasteiger partial charge in [-0.05, 0) is 51.3 Å². The highest BCUT2D eigenvalue weighted by molar-refractivity contribution is 5.28. The average molecular weight is 262 g/mol. The van der Waals surface area contributed by atoms with Crippen molar-refractivity contribution in [2.75, 3.05) is 13.1 Å². The van der Waals surface area contributed by atoms with Gasteiger partial charge in [-0.25, -0.2) is 0 Å². The van der Waals surface area contributed by atoms with Crippen LogP contribution in [0.4, 0.5) is 0 Å². The van der Waals surface area contributed by atoms with Crippen LogP contribution in [0.25, 0.3) is 0 Å². The second-order valence-electron chi connectivity index (χ2n) is 6.07. The number of hydrogen-bond acceptors (Lipinski definition) is 3. The van der Waals surface area contributed by atoms with Crippen LogP contribution in [0.1, 0.15) is 38.1 Å². The lowest BCUT2D eigenvalue weighted by atomic mass is 9.93. The van der Waals surface area contributed by atoms with E-state index >= 15 is 0 Å². The third-order valence-corrected chi connectivity index (χ3v) is 3.78. The molecule has 1 unspecified atom stereocenters. The molecule has 1 saturated heterocycles. The summed E-state index contributed by atoms with van der Waals surface area (Å²) in [6, 6.07) is 4.09. The normalized spacial score (nSPS) is 20.8. The van der Waals surface area contributed by atoms with Crippen LogP contribution in [0, 0.1) is 25.7 Å². The molecule has 3 nitrogen and oxygen atoms in total. The first-order valence-electron chi connectivity index (χ1n) is 7.38. The van der Waals surface area contributed by atoms with E-state index < -0.39 is 0 Å². The van der Waals surface area contributed by atoms with Gasteiger partial charge in [-0.2, -0.15) is 0 Å². The lowest BCUT2D eigenvalue weighted by Gasteiger charge is -2.26. The monoisotopic (exact) mass is 262 g/mol. The van der Waals surface area contributed by atoms with Gasteiger partial charge in [0.15, 0.2) is 0 Å². The van der Waals surface area contributed by atoms with Crippen molar-refractivity contribution in [3.8, 4) is 5.75 Å². The van der Waals surface area contributed by atoms with Gasteiger partial charge in [-0.15, -0.1) is 0 Å². The number of aryl methyl sites for hydroxylation is 2. The molecule has 106 valence electrons. The molecule has 0 aromatic carbocycles. The van der Waals surface area contributed by atoms with E-state index in [4.69, 9.17) is 4.74 Å². The van der Waals surface area contributed by atoms with Gasteiger partial charge in [0.2, 0.25) is 0 Å². The summed E-state index contributed by atoms with van der Waals surface area (Å²) >= 11 is 0. The highest BCUT2D eigenvalue weighted by Crippen LogP contribution is 2.26. The summed E-state index contributed by atoms with van der Waals surface area (Å²) in [7, 11) is 0. The molecule has 0 aliphatic carbocycles. The van der Waals surface area contributed by atoms with Crippen molar-refractivity contribution in [2.24, 2.45) is 11.8 Å². The van der Waals surface area contributed by atoms with E-state index in [0.29, 0.717) is 17.9 Å². The summed E-state index contributed by atoms with van der Waals surface area (Å²) < 4.78 is 6.29. The molecular weight excluding hydrogens is 236 g/mol. The fraction of sp³-hybridized carbons (Fsp3) is 0.688. The van der Waals surface area contributed by atoms with E-state index in [1.54, 1.807) is 0 Å². The fourth-order valence-corrected chi connectivity index (χ4v) is 2.76. The zero-order valence-corrected chi connectivity index (χ0v) is 12.6. The molecule has 1 N–H and O–H groups in total. The van der Waals surface area contributed by atoms with Gasteiger partial charge in [0.25, 0.3) is 0 Å². The molecule has 0 radical (unpaired) electrons. The maximum Gasteiger partial charge on any atom is 0.140 e. The zero-order valence-electron chi connectivity index (χ0n) is 12.6. The summed E-state index contributed by atoms with van der Waals surface area (Å²) in [4.78, 5) is 4.49. The van der Waals surface area contributed by atoms with Crippen molar-refractivity contribution in [1.29, 1.82) is 0 Å². The van der Waals surface area contributed by atoms with Gasteiger partial charge in [-0.3, -0.25) is 4.98 Å². The first kappa shape index (κ1) is 14.3. The Balaban J connectivity index is 2.09. The number of rotatable bonds is 5. The summed E-state index contributed by atoms with van der Waals surface area (Å²) in [5.74, 6) is 2.23. The lowest BCUT2D eigenvalue weighted by molar-refractivity contribution is 0.118. The van der Waals surface area contributed by atoms with Gasteiger partial charge in [0, 0.05) is 18.2 Å². The molecule has 19 heavy (non-hydrogen) atoms. The van der Waals surface area contributed by atoms with Crippen molar-refractivity contribution in [2.45, 2.75) is 46.6 Å². The number of pyridine rings is 1. The molecule has 1 aromatic rings. The Labute approximate surface area is 116 Å². The molecule has 1 aliphatic heterocycles. The van der Waals surface area contributed by atoms with E-state index in [1.807, 2.05) is 19.9 Å². The van der Waals surface area contributed by atoms with E-state index in [-0.39, 0.29) is 0 Å². The maximum atomic E-state index is 6.29. The standard InChI is InChI=1S/C16H26N2O/c1-11(2)9-16(14-7-8-17-10-14)19-15-6-5-12(3)18-13(15)4/h5-6,11,14,16-17H,7-10H2,1-4H3/t14-,16?/m0/s1. The molecule has 2 atom stereocenters. The molecule has 1 aliphatic rings. The Morgan fingerprint density at radius 3 is 2.74 bits per heavy atom. The molecule has 0 saturated carbocycles. The quantitative estimate of drug-likeness (QED) is 0.885. The average Bonchev–Trinajstić information content (AvgIpc) is 2.84. The Morgan fingerprint density at radius 2 is 2.16 bits per heavy atom. The van der Waals surface area contributed by atoms with Crippen LogP contribution in [0.3, 0.4) is 0 Å². The highest BCUT2D eigenvalue weighted by atomic mass is 16.5. The van der Waals surface area contributed by atoms with Crippen LogP contribution < -0.4 is 10.1 Å². The predicted molar refractivity (Wildman–Crippen MR) is 78.6 cm³/mol. The predicted octanol–water partition coefficient (Wildman–Crippen LogP) is 3.10. The molecule has 3 heteroatoms. The van der Waals surface area contributed by atoms with Crippen LogP contribution in [-0.2, 0) is 0 Å². The Hall–Kier alpha value is -1.09. The van der Waals surface area contributed by atoms with Gasteiger partial charge in [-0.1, -0.05) is 13.8 Å². The highest BCUT2D eigenvalue weighted by Gasteiger charge is 2.27. The van der Waals surface area contributed by atoms with Crippen LogP contribution in [-0.4, -0.2) is 24.2 Å². The minimum atomic E-state index is 0.304. The molecule has 1 fully saturated rings. The van der Waals surface area contributed by atoms with Crippen molar-refractivity contribution in [3.05, 3.63) is 23.5 Å². The minimum Gasteiger partial charge on any atom is -0.488 e. The molecule has 2 heterocycles. The van der Waals surface area contributed by atoms with Crippen LogP contribution in [0.5, 0.6) is 5.75 Å². The number of nitrogens with zero attached hydrogens (tertiary/aromatic N) is 1. The third-order valence-electron chi connectivity index (χ3n) is 3.78. The zero-order chi connectivity index (χ0) is 13.8. The largest absolute Gasteiger partial charge is 0.488 e. The molecular formula is C16H26N2O. The lowest BCUT2D eigenvalue weighted by Crippen LogP contribution is -2.30. The second-order valence-corrected chi connectivity index (χ2v) is 6.07. The van der Waals surface area contributed by atoms with Gasteiger partial charge in [0.05, 0.1) is 5.69 Å². The molecule has 0 amide bonds. The molecule has 2 rings (SSSR count). The third kappa shape index (κ3) is 3.93. The minimum absolute atomic E-state index is 0.304. The number of nitrogens with one attached hydrogen (secondary N) is 1. The summed E-state index contributed by atoms with van der Waals surface area (Å²) in [6.45, 7) is 10.8. The number of hydrogen-bond donors (Lipinski definition) is 1.